The fraction of sp³-hybridized carbons (Fsp3) is 0.688. The van der Waals surface area contributed by atoms with Gasteiger partial charge in [-0.25, -0.2) is 0 Å². The molecule has 210 valence electrons. The van der Waals surface area contributed by atoms with Gasteiger partial charge in [-0.05, 0) is 86.7 Å². The average molecular weight is 535 g/mol. The number of benzene rings is 1. The third kappa shape index (κ3) is 4.40. The van der Waals surface area contributed by atoms with Crippen molar-refractivity contribution < 1.29 is 24.5 Å². The summed E-state index contributed by atoms with van der Waals surface area (Å²) in [4.78, 5) is 29.8. The lowest BCUT2D eigenvalue weighted by atomic mass is 9.49. The summed E-state index contributed by atoms with van der Waals surface area (Å²) in [5.74, 6) is 2.45. The van der Waals surface area contributed by atoms with E-state index in [2.05, 4.69) is 5.32 Å². The van der Waals surface area contributed by atoms with Crippen molar-refractivity contribution in [2.45, 2.75) is 88.4 Å². The number of para-hydroxylation sites is 1. The Bertz CT molecular complexity index is 1120. The maximum absolute atomic E-state index is 14.3. The first-order chi connectivity index (χ1) is 18.9. The van der Waals surface area contributed by atoms with Gasteiger partial charge in [-0.2, -0.15) is 0 Å². The van der Waals surface area contributed by atoms with E-state index in [0.29, 0.717) is 17.9 Å². The quantitative estimate of drug-likeness (QED) is 0.497. The van der Waals surface area contributed by atoms with Crippen LogP contribution in [0.5, 0.6) is 5.75 Å². The first-order valence-corrected chi connectivity index (χ1v) is 15.3. The summed E-state index contributed by atoms with van der Waals surface area (Å²) in [6.07, 6.45) is 11.8. The molecule has 3 N–H and O–H groups in total. The Morgan fingerprint density at radius 1 is 1.03 bits per heavy atom. The van der Waals surface area contributed by atoms with Crippen LogP contribution < -0.4 is 10.1 Å². The lowest BCUT2D eigenvalue weighted by molar-refractivity contribution is -0.149. The van der Waals surface area contributed by atoms with Crippen molar-refractivity contribution in [3.8, 4) is 5.75 Å². The molecule has 0 aromatic heterocycles. The smallest absolute Gasteiger partial charge is 0.247 e. The first-order valence-electron chi connectivity index (χ1n) is 15.3. The number of hydrogen-bond donors (Lipinski definition) is 3. The molecule has 0 spiro atoms. The summed E-state index contributed by atoms with van der Waals surface area (Å²) in [6.45, 7) is 0.672. The number of fused-ring (bicyclic) bond motifs is 3. The number of nitrogens with zero attached hydrogens (tertiary/aromatic N) is 1. The number of ether oxygens (including phenoxy) is 1. The maximum Gasteiger partial charge on any atom is 0.247 e. The highest BCUT2D eigenvalue weighted by atomic mass is 16.5. The molecule has 8 rings (SSSR count). The summed E-state index contributed by atoms with van der Waals surface area (Å²) in [5.41, 5.74) is 1.54. The summed E-state index contributed by atoms with van der Waals surface area (Å²) in [5, 5.41) is 24.1. The average Bonchev–Trinajstić information content (AvgIpc) is 3.59. The van der Waals surface area contributed by atoms with Crippen LogP contribution in [-0.4, -0.2) is 64.9 Å². The van der Waals surface area contributed by atoms with Gasteiger partial charge in [0, 0.05) is 30.1 Å². The van der Waals surface area contributed by atoms with Crippen LogP contribution in [0.2, 0.25) is 0 Å². The molecular weight excluding hydrogens is 492 g/mol. The molecule has 6 aliphatic carbocycles. The third-order valence-electron chi connectivity index (χ3n) is 10.9. The molecule has 0 radical (unpaired) electrons. The Kier molecular flexibility index (Phi) is 6.50. The van der Waals surface area contributed by atoms with E-state index in [4.69, 9.17) is 4.74 Å². The molecule has 0 saturated heterocycles. The zero-order valence-electron chi connectivity index (χ0n) is 22.8. The second-order valence-electron chi connectivity index (χ2n) is 13.5. The van der Waals surface area contributed by atoms with Crippen molar-refractivity contribution in [1.82, 2.24) is 10.2 Å². The molecule has 4 atom stereocenters. The van der Waals surface area contributed by atoms with E-state index in [9.17, 15) is 19.8 Å². The standard InChI is InChI=1S/C32H42N2O5/c35-10-9-33-30(37)24-14-25(28(36)29-27(24)23-7-3-4-8-26(23)39-29)34(31(38)22-5-1-2-6-22)18-32-15-19-11-20(16-32)13-21(12-19)17-32/h3-4,7-8,14,19-22,25,27-29,35-36H,1-2,5-6,9-13,15-18H2,(H,33,37). The zero-order valence-corrected chi connectivity index (χ0v) is 22.8. The molecular formula is C32H42N2O5. The molecule has 7 heteroatoms. The van der Waals surface area contributed by atoms with E-state index in [1.807, 2.05) is 35.2 Å². The van der Waals surface area contributed by atoms with Crippen molar-refractivity contribution in [2.75, 3.05) is 19.7 Å². The Balaban J connectivity index is 1.27. The van der Waals surface area contributed by atoms with E-state index in [1.165, 1.54) is 38.5 Å². The van der Waals surface area contributed by atoms with Gasteiger partial charge in [-0.15, -0.1) is 0 Å². The minimum atomic E-state index is -0.934. The van der Waals surface area contributed by atoms with Crippen LogP contribution in [0.3, 0.4) is 0 Å². The Morgan fingerprint density at radius 3 is 2.36 bits per heavy atom. The summed E-state index contributed by atoms with van der Waals surface area (Å²) in [6, 6.07) is 7.05. The number of nitrogens with one attached hydrogen (secondary N) is 1. The highest BCUT2D eigenvalue weighted by Gasteiger charge is 2.55. The monoisotopic (exact) mass is 534 g/mol. The molecule has 5 fully saturated rings. The van der Waals surface area contributed by atoms with Crippen molar-refractivity contribution in [3.63, 3.8) is 0 Å². The number of aliphatic hydroxyl groups is 2. The van der Waals surface area contributed by atoms with Gasteiger partial charge in [-0.3, -0.25) is 9.59 Å². The van der Waals surface area contributed by atoms with Crippen LogP contribution in [0.1, 0.15) is 75.7 Å². The highest BCUT2D eigenvalue weighted by molar-refractivity contribution is 5.96. The summed E-state index contributed by atoms with van der Waals surface area (Å²) >= 11 is 0. The summed E-state index contributed by atoms with van der Waals surface area (Å²) < 4.78 is 6.33. The Labute approximate surface area is 231 Å². The SMILES string of the molecule is O=C(NCCO)C1=CC(N(CC23CC4CC(CC(C4)C2)C3)C(=O)C2CCCC2)C(O)C2Oc3ccccc3C12. The van der Waals surface area contributed by atoms with Gasteiger partial charge in [0.2, 0.25) is 11.8 Å². The highest BCUT2D eigenvalue weighted by Crippen LogP contribution is 2.60. The van der Waals surface area contributed by atoms with Crippen LogP contribution in [0.25, 0.3) is 0 Å². The fourth-order valence-electron chi connectivity index (χ4n) is 9.77. The van der Waals surface area contributed by atoms with Crippen LogP contribution in [-0.2, 0) is 9.59 Å². The predicted octanol–water partition coefficient (Wildman–Crippen LogP) is 3.54. The number of carbonyl (C=O) groups excluding carboxylic acids is 2. The maximum atomic E-state index is 14.3. The molecule has 2 amide bonds. The van der Waals surface area contributed by atoms with Gasteiger partial charge in [0.15, 0.2) is 0 Å². The third-order valence-corrected chi connectivity index (χ3v) is 10.9. The lowest BCUT2D eigenvalue weighted by Gasteiger charge is -2.58. The van der Waals surface area contributed by atoms with Crippen LogP contribution in [0, 0.1) is 29.1 Å². The van der Waals surface area contributed by atoms with E-state index in [0.717, 1.165) is 49.0 Å². The predicted molar refractivity (Wildman–Crippen MR) is 146 cm³/mol. The molecule has 39 heavy (non-hydrogen) atoms. The zero-order chi connectivity index (χ0) is 26.7. The molecule has 4 unspecified atom stereocenters. The second kappa shape index (κ2) is 9.91. The number of hydrogen-bond acceptors (Lipinski definition) is 5. The van der Waals surface area contributed by atoms with Gasteiger partial charge in [-0.1, -0.05) is 31.0 Å². The second-order valence-corrected chi connectivity index (χ2v) is 13.5. The van der Waals surface area contributed by atoms with Gasteiger partial charge in [0.05, 0.1) is 18.6 Å². The Morgan fingerprint density at radius 2 is 1.69 bits per heavy atom. The van der Waals surface area contributed by atoms with E-state index >= 15 is 0 Å². The molecule has 1 aromatic rings. The van der Waals surface area contributed by atoms with E-state index < -0.39 is 24.2 Å². The molecule has 7 nitrogen and oxygen atoms in total. The van der Waals surface area contributed by atoms with Crippen molar-refractivity contribution in [1.29, 1.82) is 0 Å². The lowest BCUT2D eigenvalue weighted by Crippen LogP contribution is -2.60. The van der Waals surface area contributed by atoms with Crippen LogP contribution >= 0.6 is 0 Å². The number of carbonyl (C=O) groups is 2. The number of amides is 2. The van der Waals surface area contributed by atoms with Gasteiger partial charge in [0.25, 0.3) is 0 Å². The van der Waals surface area contributed by atoms with Gasteiger partial charge < -0.3 is 25.2 Å². The molecule has 5 saturated carbocycles. The van der Waals surface area contributed by atoms with Crippen molar-refractivity contribution in [3.05, 3.63) is 41.5 Å². The topological polar surface area (TPSA) is 99.1 Å². The number of rotatable bonds is 7. The van der Waals surface area contributed by atoms with E-state index in [-0.39, 0.29) is 36.3 Å². The fourth-order valence-corrected chi connectivity index (χ4v) is 9.77. The first kappa shape index (κ1) is 25.6. The van der Waals surface area contributed by atoms with Gasteiger partial charge >= 0.3 is 0 Å². The molecule has 1 aromatic carbocycles. The van der Waals surface area contributed by atoms with Crippen LogP contribution in [0.15, 0.2) is 35.9 Å². The Hall–Kier alpha value is -2.38. The normalized spacial score (nSPS) is 38.1. The molecule has 4 bridgehead atoms. The minimum Gasteiger partial charge on any atom is -0.486 e. The van der Waals surface area contributed by atoms with Crippen LogP contribution in [0.4, 0.5) is 0 Å². The van der Waals surface area contributed by atoms with Crippen molar-refractivity contribution >= 4 is 11.8 Å². The minimum absolute atomic E-state index is 0.00871. The molecule has 7 aliphatic rings. The van der Waals surface area contributed by atoms with Gasteiger partial charge in [0.1, 0.15) is 18.0 Å². The van der Waals surface area contributed by atoms with E-state index in [1.54, 1.807) is 0 Å². The molecule has 1 heterocycles. The largest absolute Gasteiger partial charge is 0.486 e. The van der Waals surface area contributed by atoms with Crippen molar-refractivity contribution in [2.24, 2.45) is 29.1 Å². The summed E-state index contributed by atoms with van der Waals surface area (Å²) in [7, 11) is 0. The number of aliphatic hydroxyl groups excluding tert-OH is 2. The molecule has 1 aliphatic heterocycles.